The van der Waals surface area contributed by atoms with E-state index in [1.165, 1.54) is 30.3 Å². The van der Waals surface area contributed by atoms with Crippen LogP contribution in [0.25, 0.3) is 21.5 Å². The molecule has 0 aliphatic carbocycles. The largest absolute Gasteiger partial charge is 0.507 e. The van der Waals surface area contributed by atoms with Gasteiger partial charge in [0.05, 0.1) is 16.3 Å². The Bertz CT molecular complexity index is 2040. The van der Waals surface area contributed by atoms with E-state index in [0.717, 1.165) is 29.0 Å². The molecule has 0 radical (unpaired) electrons. The number of rotatable bonds is 6. The number of nitrogens with zero attached hydrogens (tertiary/aromatic N) is 4. The summed E-state index contributed by atoms with van der Waals surface area (Å²) in [4.78, 5) is -1.03. The summed E-state index contributed by atoms with van der Waals surface area (Å²) in [5.41, 5.74) is 0.404. The molecule has 5 rings (SSSR count). The standard InChI is InChI=1S/C26H18N4O7S2/c31-24-15-19(38(32,33)34)14-17-13-18(11-12-21(17)24)27-29-23-9-4-10-25(39(35,36)37)26(23)30-28-22-8-3-6-16-5-1-2-7-20(16)22/h1-15,31H,(H,32,33,34)(H,35,36,37). The van der Waals surface area contributed by atoms with Crippen LogP contribution in [-0.4, -0.2) is 31.0 Å². The predicted molar refractivity (Wildman–Crippen MR) is 144 cm³/mol. The summed E-state index contributed by atoms with van der Waals surface area (Å²) in [6.07, 6.45) is 0. The van der Waals surface area contributed by atoms with Gasteiger partial charge in [-0.3, -0.25) is 9.11 Å². The third-order valence-corrected chi connectivity index (χ3v) is 7.46. The van der Waals surface area contributed by atoms with Gasteiger partial charge in [-0.1, -0.05) is 42.5 Å². The third kappa shape index (κ3) is 5.51. The second-order valence-corrected chi connectivity index (χ2v) is 11.1. The first kappa shape index (κ1) is 26.1. The Morgan fingerprint density at radius 3 is 2.03 bits per heavy atom. The zero-order valence-corrected chi connectivity index (χ0v) is 21.4. The van der Waals surface area contributed by atoms with Gasteiger partial charge >= 0.3 is 0 Å². The molecular weight excluding hydrogens is 544 g/mol. The van der Waals surface area contributed by atoms with E-state index in [9.17, 15) is 31.0 Å². The van der Waals surface area contributed by atoms with Crippen LogP contribution < -0.4 is 0 Å². The smallest absolute Gasteiger partial charge is 0.296 e. The predicted octanol–water partition coefficient (Wildman–Crippen LogP) is 7.02. The lowest BCUT2D eigenvalue weighted by Crippen LogP contribution is -1.98. The van der Waals surface area contributed by atoms with Crippen molar-refractivity contribution in [3.05, 3.63) is 91.0 Å². The minimum absolute atomic E-state index is 0.0243. The highest BCUT2D eigenvalue weighted by Gasteiger charge is 2.19. The molecule has 0 amide bonds. The van der Waals surface area contributed by atoms with Gasteiger partial charge < -0.3 is 5.11 Å². The van der Waals surface area contributed by atoms with E-state index < -0.39 is 30.0 Å². The van der Waals surface area contributed by atoms with Gasteiger partial charge in [0.2, 0.25) is 0 Å². The SMILES string of the molecule is O=S(=O)(O)c1cc(O)c2ccc(N=Nc3cccc(S(=O)(=O)O)c3N=Nc3cccc4ccccc34)cc2c1. The summed E-state index contributed by atoms with van der Waals surface area (Å²) >= 11 is 0. The molecule has 0 aliphatic heterocycles. The van der Waals surface area contributed by atoms with Gasteiger partial charge in [-0.05, 0) is 53.2 Å². The van der Waals surface area contributed by atoms with E-state index in [1.807, 2.05) is 30.3 Å². The molecule has 0 aromatic heterocycles. The zero-order chi connectivity index (χ0) is 27.8. The number of azo groups is 2. The second-order valence-electron chi connectivity index (χ2n) is 8.32. The highest BCUT2D eigenvalue weighted by Crippen LogP contribution is 2.38. The first-order valence-electron chi connectivity index (χ1n) is 11.2. The normalized spacial score (nSPS) is 12.7. The first-order valence-corrected chi connectivity index (χ1v) is 14.0. The van der Waals surface area contributed by atoms with Crippen LogP contribution in [0.15, 0.2) is 121 Å². The van der Waals surface area contributed by atoms with Crippen molar-refractivity contribution in [3.8, 4) is 5.75 Å². The topological polar surface area (TPSA) is 178 Å². The van der Waals surface area contributed by atoms with Crippen molar-refractivity contribution in [2.45, 2.75) is 9.79 Å². The van der Waals surface area contributed by atoms with Crippen molar-refractivity contribution < 1.29 is 31.0 Å². The molecule has 196 valence electrons. The van der Waals surface area contributed by atoms with Gasteiger partial charge in [0.15, 0.2) is 0 Å². The van der Waals surface area contributed by atoms with Crippen molar-refractivity contribution in [2.24, 2.45) is 20.5 Å². The molecule has 5 aromatic rings. The number of aromatic hydroxyl groups is 1. The molecule has 0 saturated carbocycles. The highest BCUT2D eigenvalue weighted by atomic mass is 32.2. The van der Waals surface area contributed by atoms with Crippen LogP contribution in [0.2, 0.25) is 0 Å². The molecule has 0 fully saturated rings. The van der Waals surface area contributed by atoms with E-state index in [4.69, 9.17) is 0 Å². The minimum atomic E-state index is -4.70. The van der Waals surface area contributed by atoms with Crippen LogP contribution in [0.1, 0.15) is 0 Å². The Morgan fingerprint density at radius 2 is 1.26 bits per heavy atom. The zero-order valence-electron chi connectivity index (χ0n) is 19.7. The Kier molecular flexibility index (Phi) is 6.66. The molecule has 0 saturated heterocycles. The molecule has 0 heterocycles. The fraction of sp³-hybridized carbons (Fsp3) is 0. The van der Waals surface area contributed by atoms with Crippen LogP contribution >= 0.6 is 0 Å². The number of hydrogen-bond donors (Lipinski definition) is 3. The molecule has 0 spiro atoms. The van der Waals surface area contributed by atoms with E-state index in [1.54, 1.807) is 12.1 Å². The van der Waals surface area contributed by atoms with E-state index in [-0.39, 0.29) is 28.2 Å². The van der Waals surface area contributed by atoms with Crippen LogP contribution in [0.4, 0.5) is 22.7 Å². The maximum Gasteiger partial charge on any atom is 0.296 e. The van der Waals surface area contributed by atoms with E-state index >= 15 is 0 Å². The van der Waals surface area contributed by atoms with Gasteiger partial charge in [0.1, 0.15) is 22.0 Å². The summed E-state index contributed by atoms with van der Waals surface area (Å²) in [5, 5.41) is 28.9. The van der Waals surface area contributed by atoms with Crippen LogP contribution in [-0.2, 0) is 20.2 Å². The van der Waals surface area contributed by atoms with E-state index in [2.05, 4.69) is 20.5 Å². The number of phenols is 1. The molecule has 0 bridgehead atoms. The maximum absolute atomic E-state index is 12.1. The summed E-state index contributed by atoms with van der Waals surface area (Å²) in [6, 6.07) is 23.2. The molecular formula is C26H18N4O7S2. The summed E-state index contributed by atoms with van der Waals surface area (Å²) < 4.78 is 66.3. The quantitative estimate of drug-likeness (QED) is 0.147. The fourth-order valence-corrected chi connectivity index (χ4v) is 5.11. The van der Waals surface area contributed by atoms with Crippen LogP contribution in [0.5, 0.6) is 5.75 Å². The Balaban J connectivity index is 1.59. The lowest BCUT2D eigenvalue weighted by molar-refractivity contribution is 0.471. The second kappa shape index (κ2) is 9.96. The summed E-state index contributed by atoms with van der Waals surface area (Å²) in [7, 11) is -9.27. The molecule has 0 aliphatic rings. The molecule has 3 N–H and O–H groups in total. The Hall–Kier alpha value is -4.56. The monoisotopic (exact) mass is 562 g/mol. The van der Waals surface area contributed by atoms with Crippen molar-refractivity contribution in [1.82, 2.24) is 0 Å². The fourth-order valence-electron chi connectivity index (χ4n) is 3.93. The van der Waals surface area contributed by atoms with Gasteiger partial charge in [0.25, 0.3) is 20.2 Å². The minimum Gasteiger partial charge on any atom is -0.507 e. The Morgan fingerprint density at radius 1 is 0.564 bits per heavy atom. The number of phenolic OH excluding ortho intramolecular Hbond substituents is 1. The van der Waals surface area contributed by atoms with Crippen molar-refractivity contribution in [1.29, 1.82) is 0 Å². The van der Waals surface area contributed by atoms with Gasteiger partial charge in [0, 0.05) is 16.8 Å². The number of benzene rings is 5. The maximum atomic E-state index is 12.1. The molecule has 0 unspecified atom stereocenters. The van der Waals surface area contributed by atoms with Crippen molar-refractivity contribution >= 4 is 64.5 Å². The summed E-state index contributed by atoms with van der Waals surface area (Å²) in [5.74, 6) is -0.361. The average Bonchev–Trinajstić information content (AvgIpc) is 2.89. The van der Waals surface area contributed by atoms with Crippen molar-refractivity contribution in [3.63, 3.8) is 0 Å². The third-order valence-electron chi connectivity index (χ3n) is 5.74. The average molecular weight is 563 g/mol. The van der Waals surface area contributed by atoms with Gasteiger partial charge in [-0.15, -0.1) is 15.3 Å². The van der Waals surface area contributed by atoms with Crippen LogP contribution in [0.3, 0.4) is 0 Å². The van der Waals surface area contributed by atoms with Gasteiger partial charge in [-0.25, -0.2) is 0 Å². The molecule has 5 aromatic carbocycles. The highest BCUT2D eigenvalue weighted by molar-refractivity contribution is 7.86. The Labute approximate surface area is 222 Å². The molecule has 0 atom stereocenters. The lowest BCUT2D eigenvalue weighted by Gasteiger charge is -2.06. The lowest BCUT2D eigenvalue weighted by atomic mass is 10.1. The van der Waals surface area contributed by atoms with E-state index in [0.29, 0.717) is 11.1 Å². The number of fused-ring (bicyclic) bond motifs is 2. The molecule has 11 nitrogen and oxygen atoms in total. The van der Waals surface area contributed by atoms with Crippen molar-refractivity contribution in [2.75, 3.05) is 0 Å². The molecule has 13 heteroatoms. The molecule has 39 heavy (non-hydrogen) atoms. The number of hydrogen-bond acceptors (Lipinski definition) is 9. The van der Waals surface area contributed by atoms with Gasteiger partial charge in [-0.2, -0.15) is 21.9 Å². The van der Waals surface area contributed by atoms with Crippen LogP contribution in [0, 0.1) is 0 Å². The summed E-state index contributed by atoms with van der Waals surface area (Å²) in [6.45, 7) is 0. The first-order chi connectivity index (χ1) is 18.5.